The maximum Gasteiger partial charge on any atom is 0.328 e. The van der Waals surface area contributed by atoms with Gasteiger partial charge in [0.1, 0.15) is 0 Å². The summed E-state index contributed by atoms with van der Waals surface area (Å²) in [5.74, 6) is -1.55. The fourth-order valence-corrected chi connectivity index (χ4v) is 3.61. The van der Waals surface area contributed by atoms with Crippen LogP contribution in [0, 0.1) is 0 Å². The second-order valence-corrected chi connectivity index (χ2v) is 8.38. The molecule has 1 aromatic carbocycles. The molecule has 1 amide bonds. The molecule has 0 bridgehead atoms. The van der Waals surface area contributed by atoms with Crippen molar-refractivity contribution in [3.05, 3.63) is 60.4 Å². The molecule has 11 nitrogen and oxygen atoms in total. The summed E-state index contributed by atoms with van der Waals surface area (Å²) in [7, 11) is 5.61. The maximum absolute atomic E-state index is 12.6. The minimum Gasteiger partial charge on any atom is -0.478 e. The summed E-state index contributed by atoms with van der Waals surface area (Å²) >= 11 is 0. The van der Waals surface area contributed by atoms with Gasteiger partial charge in [-0.15, -0.1) is 0 Å². The average molecular weight is 500 g/mol. The molecule has 0 saturated carbocycles. The van der Waals surface area contributed by atoms with E-state index in [1.807, 2.05) is 37.0 Å². The lowest BCUT2D eigenvalue weighted by atomic mass is 10.0. The van der Waals surface area contributed by atoms with Gasteiger partial charge < -0.3 is 24.7 Å². The first-order valence-electron chi connectivity index (χ1n) is 11.4. The summed E-state index contributed by atoms with van der Waals surface area (Å²) < 4.78 is 5.66. The Morgan fingerprint density at radius 1 is 1.00 bits per heavy atom. The van der Waals surface area contributed by atoms with Gasteiger partial charge in [-0.2, -0.15) is 0 Å². The van der Waals surface area contributed by atoms with E-state index < -0.39 is 11.9 Å². The first kappa shape index (κ1) is 28.2. The molecule has 1 aromatic heterocycles. The molecule has 11 heteroatoms. The van der Waals surface area contributed by atoms with E-state index >= 15 is 0 Å². The topological polar surface area (TPSA) is 136 Å². The Morgan fingerprint density at radius 2 is 1.58 bits per heavy atom. The number of ether oxygens (including phenoxy) is 1. The monoisotopic (exact) mass is 499 g/mol. The molecule has 3 rings (SSSR count). The van der Waals surface area contributed by atoms with Gasteiger partial charge in [0.25, 0.3) is 11.8 Å². The van der Waals surface area contributed by atoms with E-state index in [-0.39, 0.29) is 18.6 Å². The van der Waals surface area contributed by atoms with Gasteiger partial charge in [-0.25, -0.2) is 19.6 Å². The van der Waals surface area contributed by atoms with Crippen LogP contribution in [-0.2, 0) is 20.9 Å². The zero-order valence-electron chi connectivity index (χ0n) is 20.8. The van der Waals surface area contributed by atoms with Gasteiger partial charge in [0, 0.05) is 71.4 Å². The van der Waals surface area contributed by atoms with Crippen molar-refractivity contribution in [2.75, 3.05) is 45.7 Å². The van der Waals surface area contributed by atoms with Crippen molar-refractivity contribution in [1.29, 1.82) is 0 Å². The summed E-state index contributed by atoms with van der Waals surface area (Å²) in [6.07, 6.45) is 6.25. The number of aliphatic carboxylic acids is 2. The molecule has 1 aliphatic heterocycles. The number of hydrogen-bond acceptors (Lipinski definition) is 8. The minimum absolute atomic E-state index is 0.0275. The molecule has 1 saturated heterocycles. The Bertz CT molecular complexity index is 1010. The summed E-state index contributed by atoms with van der Waals surface area (Å²) in [5.41, 5.74) is 1.33. The lowest BCUT2D eigenvalue weighted by Crippen LogP contribution is -2.46. The largest absolute Gasteiger partial charge is 0.478 e. The SMILES string of the molecule is CN(C)c1nccnc1OCC(=O)N(C)C1CCN(Cc2ccccc2)CC1.O=C(O)C=CC(=O)O. The second kappa shape index (κ2) is 14.4. The van der Waals surface area contributed by atoms with Crippen molar-refractivity contribution in [3.63, 3.8) is 0 Å². The third-order valence-corrected chi connectivity index (χ3v) is 5.52. The van der Waals surface area contributed by atoms with Crippen molar-refractivity contribution >= 4 is 23.7 Å². The highest BCUT2D eigenvalue weighted by Gasteiger charge is 2.26. The third kappa shape index (κ3) is 9.71. The van der Waals surface area contributed by atoms with E-state index in [9.17, 15) is 14.4 Å². The second-order valence-electron chi connectivity index (χ2n) is 8.38. The quantitative estimate of drug-likeness (QED) is 0.491. The molecule has 0 unspecified atom stereocenters. The molecule has 2 aromatic rings. The standard InChI is InChI=1S/C21H29N5O2.C4H4O4/c1-24(2)20-21(23-12-11-22-20)28-16-19(27)25(3)18-9-13-26(14-10-18)15-17-7-5-4-6-8-17;5-3(6)1-2-4(7)8/h4-8,11-12,18H,9-10,13-16H2,1-3H3;1-2H,(H,5,6)(H,7,8). The number of likely N-dealkylation sites (tertiary alicyclic amines) is 1. The summed E-state index contributed by atoms with van der Waals surface area (Å²) in [5, 5.41) is 15.6. The fraction of sp³-hybridized carbons (Fsp3) is 0.400. The zero-order chi connectivity index (χ0) is 26.5. The highest BCUT2D eigenvalue weighted by molar-refractivity contribution is 5.89. The number of carboxylic acid groups (broad SMARTS) is 2. The molecule has 2 N–H and O–H groups in total. The number of carboxylic acids is 2. The normalized spacial score (nSPS) is 14.0. The van der Waals surface area contributed by atoms with Gasteiger partial charge in [-0.05, 0) is 18.4 Å². The number of piperidine rings is 1. The van der Waals surface area contributed by atoms with E-state index in [4.69, 9.17) is 14.9 Å². The van der Waals surface area contributed by atoms with Crippen molar-refractivity contribution in [3.8, 4) is 5.88 Å². The smallest absolute Gasteiger partial charge is 0.328 e. The van der Waals surface area contributed by atoms with Crippen LogP contribution in [0.4, 0.5) is 5.82 Å². The summed E-state index contributed by atoms with van der Waals surface area (Å²) in [6, 6.07) is 10.8. The van der Waals surface area contributed by atoms with Crippen molar-refractivity contribution in [1.82, 2.24) is 19.8 Å². The Hall–Kier alpha value is -3.99. The molecule has 0 radical (unpaired) electrons. The first-order valence-corrected chi connectivity index (χ1v) is 11.4. The van der Waals surface area contributed by atoms with Crippen molar-refractivity contribution in [2.24, 2.45) is 0 Å². The Balaban J connectivity index is 0.000000493. The molecule has 0 spiro atoms. The highest BCUT2D eigenvalue weighted by Crippen LogP contribution is 2.21. The minimum atomic E-state index is -1.26. The van der Waals surface area contributed by atoms with E-state index in [1.54, 1.807) is 12.4 Å². The number of nitrogens with zero attached hydrogens (tertiary/aromatic N) is 5. The van der Waals surface area contributed by atoms with Gasteiger partial charge in [0.05, 0.1) is 0 Å². The molecule has 0 aliphatic carbocycles. The van der Waals surface area contributed by atoms with Crippen LogP contribution in [0.1, 0.15) is 18.4 Å². The van der Waals surface area contributed by atoms with E-state index in [0.29, 0.717) is 23.8 Å². The van der Waals surface area contributed by atoms with Crippen LogP contribution in [0.3, 0.4) is 0 Å². The number of likely N-dealkylation sites (N-methyl/N-ethyl adjacent to an activating group) is 1. The van der Waals surface area contributed by atoms with Crippen LogP contribution in [0.25, 0.3) is 0 Å². The van der Waals surface area contributed by atoms with Gasteiger partial charge in [0.15, 0.2) is 12.4 Å². The number of benzene rings is 1. The molecule has 194 valence electrons. The van der Waals surface area contributed by atoms with Gasteiger partial charge in [0.2, 0.25) is 0 Å². The van der Waals surface area contributed by atoms with Crippen LogP contribution in [0.15, 0.2) is 54.9 Å². The maximum atomic E-state index is 12.6. The molecule has 0 atom stereocenters. The Kier molecular flexibility index (Phi) is 11.3. The zero-order valence-corrected chi connectivity index (χ0v) is 20.8. The van der Waals surface area contributed by atoms with Crippen LogP contribution in [0.2, 0.25) is 0 Å². The lowest BCUT2D eigenvalue weighted by Gasteiger charge is -2.36. The Morgan fingerprint density at radius 3 is 2.14 bits per heavy atom. The number of carbonyl (C=O) groups is 3. The van der Waals surface area contributed by atoms with Crippen molar-refractivity contribution < 1.29 is 29.3 Å². The number of anilines is 1. The van der Waals surface area contributed by atoms with Crippen LogP contribution in [0.5, 0.6) is 5.88 Å². The number of carbonyl (C=O) groups excluding carboxylic acids is 1. The van der Waals surface area contributed by atoms with Crippen LogP contribution in [-0.4, -0.2) is 94.7 Å². The summed E-state index contributed by atoms with van der Waals surface area (Å²) in [6.45, 7) is 2.93. The molecular formula is C25H33N5O6. The van der Waals surface area contributed by atoms with E-state index in [0.717, 1.165) is 32.5 Å². The predicted octanol–water partition coefficient (Wildman–Crippen LogP) is 1.76. The summed E-state index contributed by atoms with van der Waals surface area (Å²) in [4.78, 5) is 46.2. The predicted molar refractivity (Wildman–Crippen MR) is 134 cm³/mol. The van der Waals surface area contributed by atoms with E-state index in [2.05, 4.69) is 39.1 Å². The van der Waals surface area contributed by atoms with Gasteiger partial charge in [-0.1, -0.05) is 30.3 Å². The molecular weight excluding hydrogens is 466 g/mol. The molecule has 36 heavy (non-hydrogen) atoms. The highest BCUT2D eigenvalue weighted by atomic mass is 16.5. The molecule has 2 heterocycles. The third-order valence-electron chi connectivity index (χ3n) is 5.52. The fourth-order valence-electron chi connectivity index (χ4n) is 3.61. The number of hydrogen-bond donors (Lipinski definition) is 2. The average Bonchev–Trinajstić information content (AvgIpc) is 2.87. The lowest BCUT2D eigenvalue weighted by molar-refractivity contribution is -0.135. The van der Waals surface area contributed by atoms with Crippen LogP contribution >= 0.6 is 0 Å². The first-order chi connectivity index (χ1) is 17.2. The van der Waals surface area contributed by atoms with E-state index in [1.165, 1.54) is 5.56 Å². The van der Waals surface area contributed by atoms with Crippen LogP contribution < -0.4 is 9.64 Å². The number of amides is 1. The van der Waals surface area contributed by atoms with Gasteiger partial charge in [-0.3, -0.25) is 9.69 Å². The molecule has 1 fully saturated rings. The number of aromatic nitrogens is 2. The van der Waals surface area contributed by atoms with Gasteiger partial charge >= 0.3 is 11.9 Å². The number of rotatable bonds is 9. The van der Waals surface area contributed by atoms with Crippen molar-refractivity contribution in [2.45, 2.75) is 25.4 Å². The Labute approximate surface area is 210 Å². The molecule has 1 aliphatic rings.